The van der Waals surface area contributed by atoms with Gasteiger partial charge in [0, 0.05) is 43.6 Å². The average molecular weight is 514 g/mol. The highest BCUT2D eigenvalue weighted by Gasteiger charge is 2.30. The molecule has 1 N–H and O–H groups in total. The summed E-state index contributed by atoms with van der Waals surface area (Å²) in [4.78, 5) is 33.1. The van der Waals surface area contributed by atoms with Gasteiger partial charge < -0.3 is 24.4 Å². The summed E-state index contributed by atoms with van der Waals surface area (Å²) in [5.41, 5.74) is 0.729. The molecule has 8 nitrogen and oxygen atoms in total. The maximum atomic E-state index is 13.8. The van der Waals surface area contributed by atoms with Gasteiger partial charge in [0.05, 0.1) is 6.61 Å². The normalized spacial score (nSPS) is 15.6. The summed E-state index contributed by atoms with van der Waals surface area (Å²) in [5, 5.41) is 4.09. The van der Waals surface area contributed by atoms with Crippen LogP contribution in [0.1, 0.15) is 82.6 Å². The monoisotopic (exact) mass is 513 g/mol. The molecule has 0 aliphatic carbocycles. The molecule has 1 atom stereocenters. The Morgan fingerprint density at radius 3 is 2.65 bits per heavy atom. The molecule has 8 heteroatoms. The number of methoxy groups -OCH3 is 1. The molecule has 1 amide bonds. The number of aromatic nitrogens is 1. The van der Waals surface area contributed by atoms with E-state index in [9.17, 15) is 9.59 Å². The molecule has 1 saturated heterocycles. The number of hydrogen-bond donors (Lipinski definition) is 1. The van der Waals surface area contributed by atoms with Crippen molar-refractivity contribution in [3.05, 3.63) is 30.0 Å². The number of benzene rings is 1. The summed E-state index contributed by atoms with van der Waals surface area (Å²) in [7, 11) is 1.61. The topological polar surface area (TPSA) is 90.0 Å². The van der Waals surface area contributed by atoms with Gasteiger partial charge in [0.2, 0.25) is 0 Å². The second-order valence-electron chi connectivity index (χ2n) is 9.94. The Labute approximate surface area is 221 Å². The molecule has 204 valence electrons. The fourth-order valence-electron chi connectivity index (χ4n) is 4.81. The molecule has 1 aliphatic rings. The van der Waals surface area contributed by atoms with Gasteiger partial charge in [-0.05, 0) is 51.8 Å². The lowest BCUT2D eigenvalue weighted by molar-refractivity contribution is -0.134. The Morgan fingerprint density at radius 2 is 1.95 bits per heavy atom. The molecule has 0 bridgehead atoms. The summed E-state index contributed by atoms with van der Waals surface area (Å²) in [5.74, 6) is 0.423. The van der Waals surface area contributed by atoms with E-state index >= 15 is 0 Å². The third kappa shape index (κ3) is 8.14. The molecule has 0 saturated carbocycles. The van der Waals surface area contributed by atoms with Gasteiger partial charge >= 0.3 is 5.97 Å². The lowest BCUT2D eigenvalue weighted by atomic mass is 10.0. The minimum atomic E-state index is -0.290. The highest BCUT2D eigenvalue weighted by Crippen LogP contribution is 2.33. The number of unbranched alkanes of at least 4 members (excludes halogenated alkanes) is 4. The average Bonchev–Trinajstić information content (AvgIpc) is 2.89. The number of rotatable bonds is 14. The van der Waals surface area contributed by atoms with Crippen LogP contribution in [0, 0.1) is 0 Å². The van der Waals surface area contributed by atoms with Gasteiger partial charge in [-0.1, -0.05) is 38.7 Å². The Morgan fingerprint density at radius 1 is 1.14 bits per heavy atom. The van der Waals surface area contributed by atoms with Crippen molar-refractivity contribution in [2.45, 2.75) is 84.2 Å². The SMILES string of the molecule is CCCCCCCC(=O)Oc1cccc2c(OCCOC)cc(C(=O)N(C(C)C)[C@@H]3CCCNC3)nc12. The third-order valence-electron chi connectivity index (χ3n) is 6.69. The molecule has 0 spiro atoms. The van der Waals surface area contributed by atoms with Gasteiger partial charge in [-0.2, -0.15) is 0 Å². The van der Waals surface area contributed by atoms with Crippen LogP contribution in [0.3, 0.4) is 0 Å². The van der Waals surface area contributed by atoms with Crippen LogP contribution in [-0.4, -0.2) is 67.3 Å². The molecule has 3 rings (SSSR count). The predicted molar refractivity (Wildman–Crippen MR) is 145 cm³/mol. The smallest absolute Gasteiger partial charge is 0.311 e. The molecule has 37 heavy (non-hydrogen) atoms. The van der Waals surface area contributed by atoms with E-state index in [2.05, 4.69) is 12.2 Å². The third-order valence-corrected chi connectivity index (χ3v) is 6.69. The first-order valence-corrected chi connectivity index (χ1v) is 13.8. The van der Waals surface area contributed by atoms with E-state index in [4.69, 9.17) is 19.2 Å². The van der Waals surface area contributed by atoms with Gasteiger partial charge in [-0.15, -0.1) is 0 Å². The number of fused-ring (bicyclic) bond motifs is 1. The second kappa shape index (κ2) is 14.9. The lowest BCUT2D eigenvalue weighted by Gasteiger charge is -2.37. The van der Waals surface area contributed by atoms with Crippen molar-refractivity contribution >= 4 is 22.8 Å². The molecule has 2 aromatic rings. The van der Waals surface area contributed by atoms with Crippen LogP contribution < -0.4 is 14.8 Å². The van der Waals surface area contributed by atoms with E-state index in [1.54, 1.807) is 19.2 Å². The quantitative estimate of drug-likeness (QED) is 0.213. The maximum Gasteiger partial charge on any atom is 0.311 e. The van der Waals surface area contributed by atoms with Crippen molar-refractivity contribution in [2.75, 3.05) is 33.4 Å². The second-order valence-corrected chi connectivity index (χ2v) is 9.94. The lowest BCUT2D eigenvalue weighted by Crippen LogP contribution is -2.51. The number of carbonyl (C=O) groups is 2. The van der Waals surface area contributed by atoms with Gasteiger partial charge in [-0.3, -0.25) is 9.59 Å². The van der Waals surface area contributed by atoms with Crippen molar-refractivity contribution in [3.8, 4) is 11.5 Å². The fraction of sp³-hybridized carbons (Fsp3) is 0.621. The number of esters is 1. The first kappa shape index (κ1) is 28.9. The minimum Gasteiger partial charge on any atom is -0.490 e. The van der Waals surface area contributed by atoms with Gasteiger partial charge in [0.25, 0.3) is 5.91 Å². The van der Waals surface area contributed by atoms with Gasteiger partial charge in [0.15, 0.2) is 5.75 Å². The minimum absolute atomic E-state index is 0.00790. The van der Waals surface area contributed by atoms with Crippen molar-refractivity contribution in [1.82, 2.24) is 15.2 Å². The van der Waals surface area contributed by atoms with Crippen LogP contribution in [0.5, 0.6) is 11.5 Å². The highest BCUT2D eigenvalue weighted by molar-refractivity contribution is 5.99. The highest BCUT2D eigenvalue weighted by atomic mass is 16.5. The van der Waals surface area contributed by atoms with Crippen molar-refractivity contribution in [1.29, 1.82) is 0 Å². The Kier molecular flexibility index (Phi) is 11.6. The van der Waals surface area contributed by atoms with Crippen LogP contribution in [0.2, 0.25) is 0 Å². The van der Waals surface area contributed by atoms with Crippen LogP contribution in [0.4, 0.5) is 0 Å². The molecule has 1 aromatic carbocycles. The number of pyridine rings is 1. The molecular weight excluding hydrogens is 470 g/mol. The largest absolute Gasteiger partial charge is 0.490 e. The summed E-state index contributed by atoms with van der Waals surface area (Å²) in [6, 6.07) is 7.21. The first-order valence-electron chi connectivity index (χ1n) is 13.8. The Hall–Kier alpha value is -2.71. The predicted octanol–water partition coefficient (Wildman–Crippen LogP) is 5.13. The number of carbonyl (C=O) groups excluding carboxylic acids is 2. The summed E-state index contributed by atoms with van der Waals surface area (Å²) in [6.45, 7) is 8.68. The fourth-order valence-corrected chi connectivity index (χ4v) is 4.81. The van der Waals surface area contributed by atoms with E-state index in [0.29, 0.717) is 42.0 Å². The number of hydrogen-bond acceptors (Lipinski definition) is 7. The van der Waals surface area contributed by atoms with Crippen molar-refractivity contribution < 1.29 is 23.8 Å². The summed E-state index contributed by atoms with van der Waals surface area (Å²) in [6.07, 6.45) is 7.59. The van der Waals surface area contributed by atoms with E-state index in [1.165, 1.54) is 6.42 Å². The molecule has 0 radical (unpaired) electrons. The van der Waals surface area contributed by atoms with Crippen LogP contribution in [-0.2, 0) is 9.53 Å². The number of ether oxygens (including phenoxy) is 3. The van der Waals surface area contributed by atoms with Gasteiger partial charge in [0.1, 0.15) is 23.6 Å². The van der Waals surface area contributed by atoms with Crippen molar-refractivity contribution in [2.24, 2.45) is 0 Å². The molecule has 1 aliphatic heterocycles. The molecule has 1 aromatic heterocycles. The summed E-state index contributed by atoms with van der Waals surface area (Å²) < 4.78 is 16.9. The zero-order chi connectivity index (χ0) is 26.6. The molecule has 0 unspecified atom stereocenters. The molecular formula is C29H43N3O5. The van der Waals surface area contributed by atoms with Crippen molar-refractivity contribution in [3.63, 3.8) is 0 Å². The van der Waals surface area contributed by atoms with E-state index in [-0.39, 0.29) is 29.7 Å². The Bertz CT molecular complexity index is 1020. The van der Waals surface area contributed by atoms with Crippen LogP contribution >= 0.6 is 0 Å². The zero-order valence-electron chi connectivity index (χ0n) is 22.9. The summed E-state index contributed by atoms with van der Waals surface area (Å²) >= 11 is 0. The number of para-hydroxylation sites is 1. The first-order chi connectivity index (χ1) is 18.0. The maximum absolute atomic E-state index is 13.8. The van der Waals surface area contributed by atoms with Crippen LogP contribution in [0.15, 0.2) is 24.3 Å². The van der Waals surface area contributed by atoms with Crippen LogP contribution in [0.25, 0.3) is 10.9 Å². The van der Waals surface area contributed by atoms with E-state index < -0.39 is 0 Å². The van der Waals surface area contributed by atoms with Gasteiger partial charge in [-0.25, -0.2) is 4.98 Å². The zero-order valence-corrected chi connectivity index (χ0v) is 22.9. The molecule has 2 heterocycles. The number of piperidine rings is 1. The standard InChI is InChI=1S/C29H43N3O5/c1-5-6-7-8-9-15-27(33)37-25-14-10-13-23-26(36-18-17-35-4)19-24(31-28(23)25)29(34)32(21(2)3)22-12-11-16-30-20-22/h10,13-14,19,21-22,30H,5-9,11-12,15-18,20H2,1-4H3/t22-/m1/s1. The van der Waals surface area contributed by atoms with E-state index in [0.717, 1.165) is 51.6 Å². The Balaban J connectivity index is 1.92. The van der Waals surface area contributed by atoms with E-state index in [1.807, 2.05) is 30.9 Å². The number of nitrogens with zero attached hydrogens (tertiary/aromatic N) is 2. The molecule has 1 fully saturated rings. The number of amides is 1. The number of nitrogens with one attached hydrogen (secondary N) is 1.